The first-order chi connectivity index (χ1) is 25.8. The predicted molar refractivity (Wildman–Crippen MR) is 205 cm³/mol. The maximum atomic E-state index is 11.8. The Kier molecular flexibility index (Phi) is 14.4. The van der Waals surface area contributed by atoms with Crippen molar-refractivity contribution in [2.24, 2.45) is 0 Å². The third kappa shape index (κ3) is 11.7. The Labute approximate surface area is 318 Å². The molecule has 2 aliphatic rings. The second-order valence-corrected chi connectivity index (χ2v) is 12.9. The zero-order valence-corrected chi connectivity index (χ0v) is 32.5. The van der Waals surface area contributed by atoms with Crippen molar-refractivity contribution in [3.05, 3.63) is 99.5 Å². The molecule has 2 fully saturated rings. The highest BCUT2D eigenvalue weighted by atomic mass is 16.7. The number of methoxy groups -OCH3 is 3. The molecule has 0 unspecified atom stereocenters. The van der Waals surface area contributed by atoms with Crippen LogP contribution in [0.15, 0.2) is 77.4 Å². The Morgan fingerprint density at radius 2 is 1.18 bits per heavy atom. The standard InChI is InChI=1S/C15H17NO5.C11H11NO2.C8H11NO.C6H8O4/c1-9-11(6-5-7-12(9)19-4)16-8-10-13(17)20-15(2,3)21-14(10)18;1-7-10(14-2)4-3-8-9(13)5-6-12-11(7)8;1-6-7(9)4-3-5-8(6)10-2;1-6(2)9-4(7)3-5(8)10-6/h5-8,16H,1-4H3;3-6H,1-2H3,(H,12,13);3-5H,9H2,1-2H3;3H2,1-2H3. The van der Waals surface area contributed by atoms with E-state index in [9.17, 15) is 24.0 Å². The van der Waals surface area contributed by atoms with Gasteiger partial charge in [-0.1, -0.05) is 12.1 Å². The van der Waals surface area contributed by atoms with Gasteiger partial charge in [0, 0.05) is 79.6 Å². The number of anilines is 2. The summed E-state index contributed by atoms with van der Waals surface area (Å²) in [6.45, 7) is 11.8. The van der Waals surface area contributed by atoms with E-state index in [1.807, 2.05) is 51.1 Å². The minimum absolute atomic E-state index is 0.0319. The highest BCUT2D eigenvalue weighted by molar-refractivity contribution is 6.15. The van der Waals surface area contributed by atoms with Crippen molar-refractivity contribution in [1.82, 2.24) is 4.98 Å². The lowest BCUT2D eigenvalue weighted by Gasteiger charge is -2.29. The highest BCUT2D eigenvalue weighted by Crippen LogP contribution is 2.27. The van der Waals surface area contributed by atoms with Gasteiger partial charge in [-0.15, -0.1) is 0 Å². The van der Waals surface area contributed by atoms with Gasteiger partial charge in [0.2, 0.25) is 0 Å². The molecule has 3 heterocycles. The average Bonchev–Trinajstić information content (AvgIpc) is 3.09. The number of nitrogens with two attached hydrogens (primary N) is 1. The summed E-state index contributed by atoms with van der Waals surface area (Å²) in [5, 5.41) is 3.60. The maximum absolute atomic E-state index is 11.8. The van der Waals surface area contributed by atoms with Crippen molar-refractivity contribution in [1.29, 1.82) is 0 Å². The summed E-state index contributed by atoms with van der Waals surface area (Å²) >= 11 is 0. The molecule has 294 valence electrons. The molecular weight excluding hydrogens is 714 g/mol. The summed E-state index contributed by atoms with van der Waals surface area (Å²) in [7, 11) is 4.83. The number of aryl methyl sites for hydroxylation is 1. The number of ether oxygens (including phenoxy) is 7. The molecule has 1 aromatic heterocycles. The van der Waals surface area contributed by atoms with Crippen LogP contribution in [0.1, 0.15) is 50.8 Å². The molecule has 15 heteroatoms. The fourth-order valence-corrected chi connectivity index (χ4v) is 5.13. The van der Waals surface area contributed by atoms with Gasteiger partial charge in [0.05, 0.1) is 26.8 Å². The molecule has 4 aromatic rings. The first kappa shape index (κ1) is 42.9. The number of benzene rings is 3. The Balaban J connectivity index is 0.000000208. The highest BCUT2D eigenvalue weighted by Gasteiger charge is 2.39. The summed E-state index contributed by atoms with van der Waals surface area (Å²) < 4.78 is 34.8. The number of aromatic amines is 1. The van der Waals surface area contributed by atoms with E-state index in [0.717, 1.165) is 39.4 Å². The second kappa shape index (κ2) is 18.5. The van der Waals surface area contributed by atoms with E-state index in [2.05, 4.69) is 19.8 Å². The first-order valence-corrected chi connectivity index (χ1v) is 16.9. The Morgan fingerprint density at radius 1 is 0.673 bits per heavy atom. The summed E-state index contributed by atoms with van der Waals surface area (Å²) in [5.74, 6) is -2.46. The van der Waals surface area contributed by atoms with Crippen LogP contribution in [0.4, 0.5) is 11.4 Å². The molecule has 2 aliphatic heterocycles. The van der Waals surface area contributed by atoms with Crippen LogP contribution in [0, 0.1) is 20.8 Å². The smallest absolute Gasteiger partial charge is 0.350 e. The van der Waals surface area contributed by atoms with E-state index in [-0.39, 0.29) is 17.4 Å². The Hall–Kier alpha value is -6.51. The van der Waals surface area contributed by atoms with Crippen molar-refractivity contribution in [2.45, 2.75) is 66.5 Å². The van der Waals surface area contributed by atoms with Crippen LogP contribution in [0.25, 0.3) is 10.9 Å². The van der Waals surface area contributed by atoms with Crippen molar-refractivity contribution in [3.8, 4) is 17.2 Å². The van der Waals surface area contributed by atoms with Crippen LogP contribution < -0.4 is 30.7 Å². The zero-order valence-electron chi connectivity index (χ0n) is 32.5. The lowest BCUT2D eigenvalue weighted by atomic mass is 10.1. The van der Waals surface area contributed by atoms with E-state index in [4.69, 9.17) is 29.4 Å². The van der Waals surface area contributed by atoms with Gasteiger partial charge in [-0.25, -0.2) is 9.59 Å². The molecule has 0 saturated carbocycles. The lowest BCUT2D eigenvalue weighted by molar-refractivity contribution is -0.231. The van der Waals surface area contributed by atoms with Gasteiger partial charge in [0.1, 0.15) is 23.7 Å². The molecule has 0 atom stereocenters. The number of carbonyl (C=O) groups excluding carboxylic acids is 4. The molecule has 0 radical (unpaired) electrons. The van der Waals surface area contributed by atoms with E-state index in [1.54, 1.807) is 45.7 Å². The van der Waals surface area contributed by atoms with Crippen molar-refractivity contribution in [2.75, 3.05) is 32.4 Å². The van der Waals surface area contributed by atoms with E-state index in [0.29, 0.717) is 16.8 Å². The largest absolute Gasteiger partial charge is 0.496 e. The van der Waals surface area contributed by atoms with Gasteiger partial charge in [0.25, 0.3) is 11.6 Å². The minimum atomic E-state index is -1.24. The van der Waals surface area contributed by atoms with Gasteiger partial charge in [-0.3, -0.25) is 14.4 Å². The van der Waals surface area contributed by atoms with Gasteiger partial charge in [-0.05, 0) is 57.2 Å². The molecule has 0 spiro atoms. The van der Waals surface area contributed by atoms with Crippen LogP contribution in [0.5, 0.6) is 17.2 Å². The summed E-state index contributed by atoms with van der Waals surface area (Å²) in [4.78, 5) is 59.2. The number of aromatic nitrogens is 1. The summed E-state index contributed by atoms with van der Waals surface area (Å²) in [6, 6.07) is 16.2. The number of hydrogen-bond donors (Lipinski definition) is 3. The van der Waals surface area contributed by atoms with E-state index < -0.39 is 35.5 Å². The van der Waals surface area contributed by atoms with Crippen LogP contribution in [0.3, 0.4) is 0 Å². The zero-order chi connectivity index (χ0) is 41.1. The Bertz CT molecular complexity index is 2100. The number of pyridine rings is 1. The lowest BCUT2D eigenvalue weighted by Crippen LogP contribution is -2.42. The second-order valence-electron chi connectivity index (χ2n) is 12.9. The number of esters is 4. The number of hydrogen-bond acceptors (Lipinski definition) is 14. The fraction of sp³-hybridized carbons (Fsp3) is 0.325. The monoisotopic (exact) mass is 761 g/mol. The number of carbonyl (C=O) groups is 4. The van der Waals surface area contributed by atoms with Gasteiger partial charge in [-0.2, -0.15) is 0 Å². The third-order valence-electron chi connectivity index (χ3n) is 7.91. The molecule has 0 aliphatic carbocycles. The van der Waals surface area contributed by atoms with Crippen molar-refractivity contribution < 1.29 is 52.3 Å². The van der Waals surface area contributed by atoms with E-state index >= 15 is 0 Å². The molecule has 0 bridgehead atoms. The normalized spacial score (nSPS) is 15.1. The van der Waals surface area contributed by atoms with Crippen LogP contribution in [0.2, 0.25) is 0 Å². The molecule has 55 heavy (non-hydrogen) atoms. The number of nitrogens with one attached hydrogen (secondary N) is 2. The molecular formula is C40H47N3O12. The van der Waals surface area contributed by atoms with E-state index in [1.165, 1.54) is 40.0 Å². The number of cyclic esters (lactones) is 4. The minimum Gasteiger partial charge on any atom is -0.496 e. The Morgan fingerprint density at radius 3 is 1.71 bits per heavy atom. The van der Waals surface area contributed by atoms with Gasteiger partial charge >= 0.3 is 23.9 Å². The van der Waals surface area contributed by atoms with Crippen LogP contribution >= 0.6 is 0 Å². The SMILES string of the molecule is CC1(C)OC(=O)CC(=O)O1.COc1ccc2c(=O)cc[nH]c2c1C.COc1cccc(N)c1C.COc1cccc(NC=C2C(=O)OC(C)(C)OC2=O)c1C. The quantitative estimate of drug-likeness (QED) is 0.0726. The van der Waals surface area contributed by atoms with Gasteiger partial charge in [0.15, 0.2) is 11.0 Å². The number of nitrogen functional groups attached to an aromatic ring is 1. The molecule has 4 N–H and O–H groups in total. The van der Waals surface area contributed by atoms with Crippen molar-refractivity contribution in [3.63, 3.8) is 0 Å². The number of rotatable bonds is 5. The molecule has 2 saturated heterocycles. The predicted octanol–water partition coefficient (Wildman–Crippen LogP) is 5.78. The average molecular weight is 762 g/mol. The summed E-state index contributed by atoms with van der Waals surface area (Å²) in [6.07, 6.45) is 2.65. The fourth-order valence-electron chi connectivity index (χ4n) is 5.13. The molecule has 0 amide bonds. The topological polar surface area (TPSA) is 204 Å². The third-order valence-corrected chi connectivity index (χ3v) is 7.91. The maximum Gasteiger partial charge on any atom is 0.350 e. The van der Waals surface area contributed by atoms with Crippen LogP contribution in [-0.4, -0.2) is 61.8 Å². The van der Waals surface area contributed by atoms with Crippen molar-refractivity contribution >= 4 is 46.2 Å². The molecule has 15 nitrogen and oxygen atoms in total. The van der Waals surface area contributed by atoms with Gasteiger partial charge < -0.3 is 49.2 Å². The number of fused-ring (bicyclic) bond motifs is 1. The molecule has 6 rings (SSSR count). The molecule has 3 aromatic carbocycles. The van der Waals surface area contributed by atoms with Crippen LogP contribution in [-0.2, 0) is 38.1 Å². The summed E-state index contributed by atoms with van der Waals surface area (Å²) in [5.41, 5.74) is 10.6. The number of H-pyrrole nitrogens is 1. The first-order valence-electron chi connectivity index (χ1n) is 16.9.